The number of H-pyrrole nitrogens is 1. The largest absolute Gasteiger partial charge is 0.374 e. The zero-order valence-corrected chi connectivity index (χ0v) is 16.5. The van der Waals surface area contributed by atoms with Gasteiger partial charge in [0.05, 0.1) is 17.9 Å². The monoisotopic (exact) mass is 348 g/mol. The van der Waals surface area contributed by atoms with Crippen LogP contribution in [0.3, 0.4) is 0 Å². The molecule has 0 radical (unpaired) electrons. The third-order valence-corrected chi connectivity index (χ3v) is 6.38. The van der Waals surface area contributed by atoms with E-state index >= 15 is 0 Å². The van der Waals surface area contributed by atoms with E-state index in [2.05, 4.69) is 47.5 Å². The molecule has 1 aliphatic carbocycles. The van der Waals surface area contributed by atoms with E-state index in [-0.39, 0.29) is 5.60 Å². The Kier molecular flexibility index (Phi) is 5.86. The second-order valence-corrected chi connectivity index (χ2v) is 9.03. The Morgan fingerprint density at radius 3 is 2.68 bits per heavy atom. The van der Waals surface area contributed by atoms with Gasteiger partial charge < -0.3 is 15.0 Å². The first-order valence-corrected chi connectivity index (χ1v) is 9.93. The van der Waals surface area contributed by atoms with Gasteiger partial charge in [-0.3, -0.25) is 5.10 Å². The highest BCUT2D eigenvalue weighted by molar-refractivity contribution is 5.21. The highest BCUT2D eigenvalue weighted by atomic mass is 16.5. The van der Waals surface area contributed by atoms with Crippen LogP contribution in [0.25, 0.3) is 0 Å². The lowest BCUT2D eigenvalue weighted by atomic mass is 9.68. The molecular formula is C20H36N4O. The van der Waals surface area contributed by atoms with Crippen LogP contribution in [0.5, 0.6) is 0 Å². The molecule has 1 saturated carbocycles. The van der Waals surface area contributed by atoms with Gasteiger partial charge in [-0.1, -0.05) is 13.8 Å². The first-order valence-electron chi connectivity index (χ1n) is 9.93. The van der Waals surface area contributed by atoms with Crippen LogP contribution in [0.4, 0.5) is 0 Å². The van der Waals surface area contributed by atoms with Gasteiger partial charge in [0.15, 0.2) is 0 Å². The minimum atomic E-state index is 0.159. The fraction of sp³-hybridized carbons (Fsp3) is 0.850. The van der Waals surface area contributed by atoms with E-state index in [0.717, 1.165) is 26.2 Å². The lowest BCUT2D eigenvalue weighted by molar-refractivity contribution is -0.122. The summed E-state index contributed by atoms with van der Waals surface area (Å²) in [6.07, 6.45) is 9.51. The van der Waals surface area contributed by atoms with Crippen LogP contribution >= 0.6 is 0 Å². The first kappa shape index (κ1) is 18.9. The van der Waals surface area contributed by atoms with Crippen LogP contribution in [-0.2, 0) is 11.3 Å². The summed E-state index contributed by atoms with van der Waals surface area (Å²) < 4.78 is 6.48. The van der Waals surface area contributed by atoms with Gasteiger partial charge >= 0.3 is 0 Å². The molecule has 3 rings (SSSR count). The van der Waals surface area contributed by atoms with Crippen molar-refractivity contribution in [3.63, 3.8) is 0 Å². The van der Waals surface area contributed by atoms with E-state index in [1.54, 1.807) is 0 Å². The topological polar surface area (TPSA) is 53.2 Å². The Morgan fingerprint density at radius 2 is 2.04 bits per heavy atom. The van der Waals surface area contributed by atoms with Gasteiger partial charge in [-0.15, -0.1) is 0 Å². The number of ether oxygens (including phenoxy) is 1. The van der Waals surface area contributed by atoms with Crippen molar-refractivity contribution in [1.29, 1.82) is 0 Å². The van der Waals surface area contributed by atoms with Gasteiger partial charge in [-0.05, 0) is 58.0 Å². The molecule has 2 N–H and O–H groups in total. The molecule has 5 nitrogen and oxygen atoms in total. The molecule has 5 heteroatoms. The number of hydrogen-bond acceptors (Lipinski definition) is 4. The molecule has 2 heterocycles. The summed E-state index contributed by atoms with van der Waals surface area (Å²) in [5.74, 6) is 0.444. The molecular weight excluding hydrogens is 312 g/mol. The summed E-state index contributed by atoms with van der Waals surface area (Å²) in [7, 11) is 4.17. The Hall–Kier alpha value is -0.910. The third-order valence-electron chi connectivity index (χ3n) is 6.38. The van der Waals surface area contributed by atoms with E-state index in [4.69, 9.17) is 4.74 Å². The van der Waals surface area contributed by atoms with E-state index in [1.165, 1.54) is 49.8 Å². The SMILES string of the molecule is CNCCN(C)Cc1c[nH]nc1[C@@H]1CCC2(CCC(C)(C)CC2)OC1. The molecule has 1 aromatic heterocycles. The number of rotatable bonds is 6. The van der Waals surface area contributed by atoms with E-state index < -0.39 is 0 Å². The highest BCUT2D eigenvalue weighted by Gasteiger charge is 2.42. The number of aromatic nitrogens is 2. The standard InChI is InChI=1S/C20H36N4O/c1-19(2)7-9-20(10-8-19)6-5-16(15-25-20)18-17(13-22-23-18)14-24(4)12-11-21-3/h13,16,21H,5-12,14-15H2,1-4H3,(H,22,23)/t16-/m1/s1. The Bertz CT molecular complexity index is 534. The average Bonchev–Trinajstić information content (AvgIpc) is 3.05. The second kappa shape index (κ2) is 7.77. The molecule has 1 aliphatic heterocycles. The van der Waals surface area contributed by atoms with Crippen LogP contribution in [-0.4, -0.2) is 54.5 Å². The molecule has 142 valence electrons. The summed E-state index contributed by atoms with van der Waals surface area (Å²) in [5.41, 5.74) is 3.21. The Balaban J connectivity index is 1.56. The highest BCUT2D eigenvalue weighted by Crippen LogP contribution is 2.47. The molecule has 0 amide bonds. The fourth-order valence-electron chi connectivity index (χ4n) is 4.34. The minimum Gasteiger partial charge on any atom is -0.374 e. The number of nitrogens with zero attached hydrogens (tertiary/aromatic N) is 2. The van der Waals surface area contributed by atoms with E-state index in [9.17, 15) is 0 Å². The lowest BCUT2D eigenvalue weighted by Gasteiger charge is -2.47. The zero-order valence-electron chi connectivity index (χ0n) is 16.5. The van der Waals surface area contributed by atoms with Crippen molar-refractivity contribution in [2.75, 3.05) is 33.8 Å². The predicted octanol–water partition coefficient (Wildman–Crippen LogP) is 3.29. The maximum atomic E-state index is 6.48. The van der Waals surface area contributed by atoms with Gasteiger partial charge in [-0.2, -0.15) is 5.10 Å². The van der Waals surface area contributed by atoms with Gasteiger partial charge in [0, 0.05) is 37.3 Å². The van der Waals surface area contributed by atoms with Crippen molar-refractivity contribution in [2.24, 2.45) is 5.41 Å². The smallest absolute Gasteiger partial charge is 0.0720 e. The van der Waals surface area contributed by atoms with Gasteiger partial charge in [0.1, 0.15) is 0 Å². The van der Waals surface area contributed by atoms with Crippen LogP contribution in [0.1, 0.15) is 69.5 Å². The summed E-state index contributed by atoms with van der Waals surface area (Å²) in [6, 6.07) is 0. The van der Waals surface area contributed by atoms with Crippen molar-refractivity contribution in [1.82, 2.24) is 20.4 Å². The molecule has 1 spiro atoms. The fourth-order valence-corrected chi connectivity index (χ4v) is 4.34. The molecule has 1 saturated heterocycles. The van der Waals surface area contributed by atoms with Gasteiger partial charge in [0.25, 0.3) is 0 Å². The second-order valence-electron chi connectivity index (χ2n) is 9.03. The quantitative estimate of drug-likeness (QED) is 0.828. The first-order chi connectivity index (χ1) is 11.9. The van der Waals surface area contributed by atoms with E-state index in [0.29, 0.717) is 11.3 Å². The van der Waals surface area contributed by atoms with Crippen molar-refractivity contribution in [3.05, 3.63) is 17.5 Å². The maximum absolute atomic E-state index is 6.48. The average molecular weight is 349 g/mol. The summed E-state index contributed by atoms with van der Waals surface area (Å²) >= 11 is 0. The number of likely N-dealkylation sites (N-methyl/N-ethyl adjacent to an activating group) is 2. The van der Waals surface area contributed by atoms with Crippen LogP contribution in [0.2, 0.25) is 0 Å². The third kappa shape index (κ3) is 4.63. The van der Waals surface area contributed by atoms with Gasteiger partial charge in [0.2, 0.25) is 0 Å². The van der Waals surface area contributed by atoms with Gasteiger partial charge in [-0.25, -0.2) is 0 Å². The minimum absolute atomic E-state index is 0.159. The Labute approximate surface area is 152 Å². The number of nitrogens with one attached hydrogen (secondary N) is 2. The molecule has 1 atom stereocenters. The molecule has 1 aromatic rings. The zero-order chi connectivity index (χ0) is 17.9. The summed E-state index contributed by atoms with van der Waals surface area (Å²) in [5, 5.41) is 10.9. The molecule has 0 aromatic carbocycles. The summed E-state index contributed by atoms with van der Waals surface area (Å²) in [4.78, 5) is 2.35. The normalized spacial score (nSPS) is 25.6. The molecule has 0 unspecified atom stereocenters. The molecule has 25 heavy (non-hydrogen) atoms. The molecule has 0 bridgehead atoms. The molecule has 2 aliphatic rings. The van der Waals surface area contributed by atoms with E-state index in [1.807, 2.05) is 7.05 Å². The van der Waals surface area contributed by atoms with Crippen LogP contribution < -0.4 is 5.32 Å². The lowest BCUT2D eigenvalue weighted by Crippen LogP contribution is -2.43. The number of hydrogen-bond donors (Lipinski definition) is 2. The van der Waals surface area contributed by atoms with Crippen LogP contribution in [0.15, 0.2) is 6.20 Å². The predicted molar refractivity (Wildman–Crippen MR) is 102 cm³/mol. The van der Waals surface area contributed by atoms with Crippen molar-refractivity contribution in [3.8, 4) is 0 Å². The Morgan fingerprint density at radius 1 is 1.28 bits per heavy atom. The van der Waals surface area contributed by atoms with Crippen molar-refractivity contribution < 1.29 is 4.74 Å². The van der Waals surface area contributed by atoms with Crippen LogP contribution in [0, 0.1) is 5.41 Å². The van der Waals surface area contributed by atoms with Crippen molar-refractivity contribution in [2.45, 2.75) is 70.4 Å². The summed E-state index contributed by atoms with van der Waals surface area (Å²) in [6.45, 7) is 8.62. The van der Waals surface area contributed by atoms with Crippen molar-refractivity contribution >= 4 is 0 Å². The molecule has 2 fully saturated rings. The number of aromatic amines is 1. The maximum Gasteiger partial charge on any atom is 0.0720 e.